The highest BCUT2D eigenvalue weighted by Crippen LogP contribution is 2.24. The number of hydrogen-bond acceptors (Lipinski definition) is 11. The quantitative estimate of drug-likeness (QED) is 0.197. The molecule has 12 nitrogen and oxygen atoms in total. The van der Waals surface area contributed by atoms with E-state index in [-0.39, 0.29) is 5.48 Å². The Morgan fingerprint density at radius 1 is 0.833 bits per heavy atom. The highest BCUT2D eigenvalue weighted by atomic mass is 16.7. The molecule has 0 aliphatic carbocycles. The average Bonchev–Trinajstić information content (AvgIpc) is 2.57. The van der Waals surface area contributed by atoms with E-state index in [1.165, 1.54) is 0 Å². The maximum atomic E-state index is 9.83. The van der Waals surface area contributed by atoms with Crippen molar-refractivity contribution in [3.05, 3.63) is 0 Å². The molecule has 0 aromatic rings. The van der Waals surface area contributed by atoms with E-state index in [9.17, 15) is 30.6 Å². The molecule has 9 atom stereocenters. The zero-order valence-corrected chi connectivity index (χ0v) is 12.7. The van der Waals surface area contributed by atoms with E-state index in [4.69, 9.17) is 24.8 Å². The minimum Gasteiger partial charge on any atom is -0.412 e. The molecule has 1 aliphatic rings. The summed E-state index contributed by atoms with van der Waals surface area (Å²) in [5.41, 5.74) is 0. The van der Waals surface area contributed by atoms with Crippen molar-refractivity contribution in [3.63, 3.8) is 0 Å². The maximum Gasteiger partial charge on any atom is 0.187 e. The third-order valence-electron chi connectivity index (χ3n) is 3.62. The van der Waals surface area contributed by atoms with E-state index < -0.39 is 74.9 Å². The molecule has 0 radical (unpaired) electrons. The van der Waals surface area contributed by atoms with Gasteiger partial charge in [0.1, 0.15) is 48.8 Å². The average molecular weight is 362 g/mol. The summed E-state index contributed by atoms with van der Waals surface area (Å²) < 4.78 is 10.1. The fourth-order valence-electron chi connectivity index (χ4n) is 2.16. The molecule has 0 aromatic carbocycles. The molecule has 1 aliphatic heterocycles. The van der Waals surface area contributed by atoms with E-state index >= 15 is 0 Å². The van der Waals surface area contributed by atoms with Crippen LogP contribution in [0.5, 0.6) is 0 Å². The minimum absolute atomic E-state index is 0. The van der Waals surface area contributed by atoms with Crippen molar-refractivity contribution < 1.29 is 60.9 Å². The van der Waals surface area contributed by atoms with Gasteiger partial charge in [-0.2, -0.15) is 0 Å². The molecule has 24 heavy (non-hydrogen) atoms. The number of aliphatic hydroxyl groups excluding tert-OH is 9. The van der Waals surface area contributed by atoms with Crippen molar-refractivity contribution in [3.8, 4) is 0 Å². The number of ether oxygens (including phenoxy) is 2. The van der Waals surface area contributed by atoms with E-state index in [0.29, 0.717) is 0 Å². The van der Waals surface area contributed by atoms with Crippen LogP contribution in [0.2, 0.25) is 0 Å². The summed E-state index contributed by atoms with van der Waals surface area (Å²) in [6, 6.07) is 0. The summed E-state index contributed by atoms with van der Waals surface area (Å²) >= 11 is 0. The Morgan fingerprint density at radius 2 is 1.38 bits per heavy atom. The molecule has 1 fully saturated rings. The standard InChI is InChI=1S/C12H24O11.H2O/c13-1-4(16)7(18)11(5(17)2-14)23-12-10(21)9(20)8(19)6(3-15)22-12;/h4-21H,1-3H2;1H2/t4?,5?,6-,7?,8+,9+,10-,11?,12+;/m1./s1. The predicted molar refractivity (Wildman–Crippen MR) is 74.4 cm³/mol. The summed E-state index contributed by atoms with van der Waals surface area (Å²) in [5.74, 6) is 0. The lowest BCUT2D eigenvalue weighted by molar-refractivity contribution is -0.327. The maximum absolute atomic E-state index is 9.83. The van der Waals surface area contributed by atoms with Gasteiger partial charge in [-0.3, -0.25) is 0 Å². The lowest BCUT2D eigenvalue weighted by Gasteiger charge is -2.42. The highest BCUT2D eigenvalue weighted by molar-refractivity contribution is 4.91. The Labute approximate surface area is 137 Å². The van der Waals surface area contributed by atoms with Crippen LogP contribution >= 0.6 is 0 Å². The lowest BCUT2D eigenvalue weighted by atomic mass is 9.98. The van der Waals surface area contributed by atoms with Gasteiger partial charge in [0, 0.05) is 0 Å². The Bertz CT molecular complexity index is 342. The monoisotopic (exact) mass is 362 g/mol. The molecular formula is C12H26O12. The van der Waals surface area contributed by atoms with Gasteiger partial charge in [-0.25, -0.2) is 0 Å². The molecule has 12 heteroatoms. The molecule has 146 valence electrons. The van der Waals surface area contributed by atoms with E-state index in [0.717, 1.165) is 0 Å². The molecule has 1 heterocycles. The lowest BCUT2D eigenvalue weighted by Crippen LogP contribution is -2.61. The molecule has 1 saturated heterocycles. The zero-order valence-electron chi connectivity index (χ0n) is 12.7. The molecule has 0 bridgehead atoms. The van der Waals surface area contributed by atoms with Crippen LogP contribution in [-0.4, -0.2) is 126 Å². The van der Waals surface area contributed by atoms with Crippen LogP contribution in [0, 0.1) is 0 Å². The van der Waals surface area contributed by atoms with Crippen LogP contribution in [0.25, 0.3) is 0 Å². The molecule has 0 spiro atoms. The van der Waals surface area contributed by atoms with Crippen LogP contribution in [0.1, 0.15) is 0 Å². The van der Waals surface area contributed by atoms with Gasteiger partial charge in [-0.1, -0.05) is 0 Å². The van der Waals surface area contributed by atoms with Crippen LogP contribution in [0.4, 0.5) is 0 Å². The van der Waals surface area contributed by atoms with Gasteiger partial charge in [-0.05, 0) is 0 Å². The second-order valence-corrected chi connectivity index (χ2v) is 5.29. The van der Waals surface area contributed by atoms with Crippen LogP contribution in [0.15, 0.2) is 0 Å². The van der Waals surface area contributed by atoms with Gasteiger partial charge in [0.05, 0.1) is 19.8 Å². The Balaban J connectivity index is 0.00000529. The largest absolute Gasteiger partial charge is 0.412 e. The second-order valence-electron chi connectivity index (χ2n) is 5.29. The van der Waals surface area contributed by atoms with Gasteiger partial charge in [0.2, 0.25) is 0 Å². The minimum atomic E-state index is -1.85. The van der Waals surface area contributed by atoms with Crippen molar-refractivity contribution in [1.82, 2.24) is 0 Å². The van der Waals surface area contributed by atoms with Crippen molar-refractivity contribution in [2.24, 2.45) is 0 Å². The first kappa shape index (κ1) is 23.5. The fourth-order valence-corrected chi connectivity index (χ4v) is 2.16. The van der Waals surface area contributed by atoms with E-state index in [2.05, 4.69) is 0 Å². The fraction of sp³-hybridized carbons (Fsp3) is 1.00. The van der Waals surface area contributed by atoms with Crippen LogP contribution < -0.4 is 0 Å². The normalized spacial score (nSPS) is 35.6. The molecule has 1 rings (SSSR count). The molecular weight excluding hydrogens is 336 g/mol. The third kappa shape index (κ3) is 5.26. The van der Waals surface area contributed by atoms with Crippen LogP contribution in [-0.2, 0) is 9.47 Å². The number of hydrogen-bond donors (Lipinski definition) is 9. The van der Waals surface area contributed by atoms with Crippen molar-refractivity contribution >= 4 is 0 Å². The molecule has 11 N–H and O–H groups in total. The summed E-state index contributed by atoms with van der Waals surface area (Å²) in [5, 5.41) is 84.9. The van der Waals surface area contributed by atoms with Gasteiger partial charge in [0.25, 0.3) is 0 Å². The van der Waals surface area contributed by atoms with Crippen molar-refractivity contribution in [2.45, 2.75) is 55.1 Å². The van der Waals surface area contributed by atoms with Crippen molar-refractivity contribution in [1.29, 1.82) is 0 Å². The molecule has 0 aromatic heterocycles. The Hall–Kier alpha value is -0.480. The van der Waals surface area contributed by atoms with E-state index in [1.54, 1.807) is 0 Å². The third-order valence-corrected chi connectivity index (χ3v) is 3.62. The highest BCUT2D eigenvalue weighted by Gasteiger charge is 2.46. The number of rotatable bonds is 8. The van der Waals surface area contributed by atoms with Gasteiger partial charge in [0.15, 0.2) is 6.29 Å². The summed E-state index contributed by atoms with van der Waals surface area (Å²) in [6.45, 7) is -2.45. The van der Waals surface area contributed by atoms with Gasteiger partial charge in [-0.15, -0.1) is 0 Å². The van der Waals surface area contributed by atoms with E-state index in [1.807, 2.05) is 0 Å². The summed E-state index contributed by atoms with van der Waals surface area (Å²) in [6.07, 6.45) is -15.1. The number of aliphatic hydroxyl groups is 9. The SMILES string of the molecule is O.OCC(O)C(O)C(O[C@@H]1O[C@H](CO)[C@H](O)[C@H](O)[C@H]1O)C(O)CO. The first-order valence-corrected chi connectivity index (χ1v) is 7.00. The van der Waals surface area contributed by atoms with Gasteiger partial charge >= 0.3 is 0 Å². The summed E-state index contributed by atoms with van der Waals surface area (Å²) in [7, 11) is 0. The van der Waals surface area contributed by atoms with Gasteiger partial charge < -0.3 is 60.9 Å². The first-order valence-electron chi connectivity index (χ1n) is 7.00. The topological polar surface area (TPSA) is 232 Å². The van der Waals surface area contributed by atoms with Crippen LogP contribution in [0.3, 0.4) is 0 Å². The molecule has 0 saturated carbocycles. The first-order chi connectivity index (χ1) is 10.8. The van der Waals surface area contributed by atoms with Crippen molar-refractivity contribution in [2.75, 3.05) is 19.8 Å². The smallest absolute Gasteiger partial charge is 0.187 e. The predicted octanol–water partition coefficient (Wildman–Crippen LogP) is -6.59. The Kier molecular flexibility index (Phi) is 10.3. The molecule has 4 unspecified atom stereocenters. The second kappa shape index (κ2) is 10.5. The molecule has 0 amide bonds. The summed E-state index contributed by atoms with van der Waals surface area (Å²) in [4.78, 5) is 0. The Morgan fingerprint density at radius 3 is 1.83 bits per heavy atom. The zero-order chi connectivity index (χ0) is 17.7.